The normalized spacial score (nSPS) is 12.3. The molecule has 2 N–H and O–H groups in total. The summed E-state index contributed by atoms with van der Waals surface area (Å²) >= 11 is 5.07. The Bertz CT molecular complexity index is 850. The zero-order valence-electron chi connectivity index (χ0n) is 13.4. The highest BCUT2D eigenvalue weighted by Crippen LogP contribution is 2.33. The van der Waals surface area contributed by atoms with E-state index in [9.17, 15) is 4.79 Å². The topological polar surface area (TPSA) is 48.6 Å². The predicted molar refractivity (Wildman–Crippen MR) is 105 cm³/mol. The number of aromatic amines is 2. The molecule has 2 aromatic heterocycles. The van der Waals surface area contributed by atoms with Gasteiger partial charge in [0.1, 0.15) is 7.85 Å². The van der Waals surface area contributed by atoms with Gasteiger partial charge in [-0.05, 0) is 47.3 Å². The van der Waals surface area contributed by atoms with Gasteiger partial charge in [-0.3, -0.25) is 4.79 Å². The lowest BCUT2D eigenvalue weighted by Crippen LogP contribution is -2.03. The van der Waals surface area contributed by atoms with Crippen molar-refractivity contribution in [1.29, 1.82) is 0 Å². The summed E-state index contributed by atoms with van der Waals surface area (Å²) in [5, 5.41) is 0.0539. The first-order chi connectivity index (χ1) is 11.5. The maximum absolute atomic E-state index is 12.6. The van der Waals surface area contributed by atoms with E-state index < -0.39 is 0 Å². The van der Waals surface area contributed by atoms with Crippen LogP contribution in [0, 0.1) is 6.92 Å². The summed E-state index contributed by atoms with van der Waals surface area (Å²) in [5.41, 5.74) is 5.03. The van der Waals surface area contributed by atoms with E-state index in [1.165, 1.54) is 0 Å². The summed E-state index contributed by atoms with van der Waals surface area (Å²) in [6.07, 6.45) is 2.03. The minimum atomic E-state index is -0.00622. The zero-order chi connectivity index (χ0) is 17.3. The summed E-state index contributed by atoms with van der Waals surface area (Å²) in [4.78, 5) is 19.1. The Hall–Kier alpha value is -1.66. The van der Waals surface area contributed by atoms with E-state index in [1.54, 1.807) is 11.8 Å². The number of nitrogens with one attached hydrogen (secondary N) is 2. The van der Waals surface area contributed by atoms with Gasteiger partial charge in [0.15, 0.2) is 0 Å². The first-order valence-electron chi connectivity index (χ1n) is 7.46. The minimum absolute atomic E-state index is 0.00622. The van der Waals surface area contributed by atoms with Crippen LogP contribution >= 0.6 is 27.7 Å². The molecule has 1 aromatic carbocycles. The highest BCUT2D eigenvalue weighted by atomic mass is 79.9. The molecule has 6 heteroatoms. The number of thioether (sulfide) groups is 1. The van der Waals surface area contributed by atoms with Gasteiger partial charge in [0.05, 0.1) is 15.5 Å². The molecule has 0 saturated carbocycles. The van der Waals surface area contributed by atoms with Crippen LogP contribution in [0.1, 0.15) is 38.3 Å². The summed E-state index contributed by atoms with van der Waals surface area (Å²) in [6.45, 7) is 2.00. The standard InChI is InChI=1S/C18H16BBrN2OS/c1-10-3-5-11(6-4-10)16(23)13-7-8-14(21-13)17(24-2)15-9-12(19)18(20)22-15/h3-9,17,21-22H,1-2H3. The van der Waals surface area contributed by atoms with E-state index in [0.29, 0.717) is 16.7 Å². The van der Waals surface area contributed by atoms with Crippen LogP contribution in [0.2, 0.25) is 0 Å². The first kappa shape index (κ1) is 17.2. The molecule has 0 spiro atoms. The average Bonchev–Trinajstić information content (AvgIpc) is 3.16. The van der Waals surface area contributed by atoms with Crippen LogP contribution < -0.4 is 5.46 Å². The van der Waals surface area contributed by atoms with Gasteiger partial charge in [-0.2, -0.15) is 0 Å². The molecule has 120 valence electrons. The molecule has 2 heterocycles. The number of halogens is 1. The summed E-state index contributed by atoms with van der Waals surface area (Å²) in [6, 6.07) is 13.3. The maximum atomic E-state index is 12.6. The van der Waals surface area contributed by atoms with Crippen LogP contribution in [0.4, 0.5) is 0 Å². The van der Waals surface area contributed by atoms with Crippen molar-refractivity contribution in [3.8, 4) is 0 Å². The van der Waals surface area contributed by atoms with Gasteiger partial charge in [0.2, 0.25) is 5.78 Å². The van der Waals surface area contributed by atoms with E-state index in [2.05, 4.69) is 25.9 Å². The Morgan fingerprint density at radius 3 is 2.42 bits per heavy atom. The molecule has 0 aliphatic carbocycles. The van der Waals surface area contributed by atoms with Crippen LogP contribution in [0.5, 0.6) is 0 Å². The van der Waals surface area contributed by atoms with E-state index in [1.807, 2.05) is 55.6 Å². The second kappa shape index (κ2) is 7.07. The quantitative estimate of drug-likeness (QED) is 0.505. The smallest absolute Gasteiger partial charge is 0.209 e. The third kappa shape index (κ3) is 3.40. The third-order valence-corrected chi connectivity index (χ3v) is 5.52. The van der Waals surface area contributed by atoms with Crippen LogP contribution in [0.25, 0.3) is 0 Å². The van der Waals surface area contributed by atoms with E-state index in [4.69, 9.17) is 7.85 Å². The molecule has 1 unspecified atom stereocenters. The molecule has 24 heavy (non-hydrogen) atoms. The maximum Gasteiger partial charge on any atom is 0.209 e. The second-order valence-electron chi connectivity index (χ2n) is 5.63. The lowest BCUT2D eigenvalue weighted by molar-refractivity contribution is 0.103. The first-order valence-corrected chi connectivity index (χ1v) is 9.54. The number of aromatic nitrogens is 2. The molecular weight excluding hydrogens is 383 g/mol. The number of rotatable bonds is 5. The number of H-pyrrole nitrogens is 2. The molecule has 3 nitrogen and oxygen atoms in total. The van der Waals surface area contributed by atoms with Crippen molar-refractivity contribution in [2.75, 3.05) is 6.26 Å². The van der Waals surface area contributed by atoms with Crippen molar-refractivity contribution in [1.82, 2.24) is 9.97 Å². The molecule has 0 bridgehead atoms. The molecule has 0 aliphatic heterocycles. The van der Waals surface area contributed by atoms with Gasteiger partial charge in [-0.15, -0.1) is 11.8 Å². The molecule has 1 atom stereocenters. The number of ketones is 1. The molecule has 0 saturated heterocycles. The highest BCUT2D eigenvalue weighted by molar-refractivity contribution is 9.10. The van der Waals surface area contributed by atoms with Crippen molar-refractivity contribution >= 4 is 46.8 Å². The highest BCUT2D eigenvalue weighted by Gasteiger charge is 2.19. The Labute approximate surface area is 155 Å². The Kier molecular flexibility index (Phi) is 5.06. The van der Waals surface area contributed by atoms with Gasteiger partial charge in [-0.25, -0.2) is 0 Å². The molecule has 2 radical (unpaired) electrons. The van der Waals surface area contributed by atoms with Crippen molar-refractivity contribution in [3.63, 3.8) is 0 Å². The number of carbonyl (C=O) groups excluding carboxylic acids is 1. The average molecular weight is 399 g/mol. The fourth-order valence-corrected chi connectivity index (χ4v) is 3.70. The molecule has 3 rings (SSSR count). The molecule has 0 fully saturated rings. The van der Waals surface area contributed by atoms with Crippen LogP contribution in [0.15, 0.2) is 47.1 Å². The summed E-state index contributed by atoms with van der Waals surface area (Å²) in [7, 11) is 5.90. The fraction of sp³-hybridized carbons (Fsp3) is 0.167. The lowest BCUT2D eigenvalue weighted by Gasteiger charge is -2.11. The van der Waals surface area contributed by atoms with Gasteiger partial charge in [0.25, 0.3) is 0 Å². The van der Waals surface area contributed by atoms with Crippen molar-refractivity contribution < 1.29 is 4.79 Å². The molecule has 0 aliphatic rings. The Morgan fingerprint density at radius 1 is 1.12 bits per heavy atom. The van der Waals surface area contributed by atoms with Gasteiger partial charge in [0, 0.05) is 17.0 Å². The summed E-state index contributed by atoms with van der Waals surface area (Å²) in [5.74, 6) is -0.00622. The second-order valence-corrected chi connectivity index (χ2v) is 7.37. The van der Waals surface area contributed by atoms with E-state index in [0.717, 1.165) is 21.6 Å². The fourth-order valence-electron chi connectivity index (χ4n) is 2.59. The van der Waals surface area contributed by atoms with Gasteiger partial charge in [-0.1, -0.05) is 35.3 Å². The van der Waals surface area contributed by atoms with Gasteiger partial charge >= 0.3 is 0 Å². The van der Waals surface area contributed by atoms with Crippen LogP contribution in [-0.2, 0) is 0 Å². The Balaban J connectivity index is 1.88. The Morgan fingerprint density at radius 2 is 1.83 bits per heavy atom. The summed E-state index contributed by atoms with van der Waals surface area (Å²) < 4.78 is 0.777. The zero-order valence-corrected chi connectivity index (χ0v) is 15.8. The SMILES string of the molecule is [B]c1cc(C(SC)c2ccc(C(=O)c3ccc(C)cc3)[nH]2)[nH]c1Br. The van der Waals surface area contributed by atoms with Crippen molar-refractivity contribution in [2.45, 2.75) is 12.2 Å². The number of benzene rings is 1. The third-order valence-electron chi connectivity index (χ3n) is 3.89. The van der Waals surface area contributed by atoms with Crippen LogP contribution in [0.3, 0.4) is 0 Å². The van der Waals surface area contributed by atoms with Crippen molar-refractivity contribution in [2.24, 2.45) is 0 Å². The molecular formula is C18H16BBrN2OS. The van der Waals surface area contributed by atoms with Gasteiger partial charge < -0.3 is 9.97 Å². The number of aryl methyl sites for hydroxylation is 1. The predicted octanol–water partition coefficient (Wildman–Crippen LogP) is 3.89. The molecule has 3 aromatic rings. The molecule has 0 amide bonds. The van der Waals surface area contributed by atoms with E-state index in [-0.39, 0.29) is 11.0 Å². The lowest BCUT2D eigenvalue weighted by atomic mass is 10.00. The minimum Gasteiger partial charge on any atom is -0.354 e. The number of carbonyl (C=O) groups is 1. The largest absolute Gasteiger partial charge is 0.354 e. The van der Waals surface area contributed by atoms with Crippen molar-refractivity contribution in [3.05, 3.63) is 75.3 Å². The van der Waals surface area contributed by atoms with E-state index >= 15 is 0 Å². The van der Waals surface area contributed by atoms with Crippen LogP contribution in [-0.4, -0.2) is 29.9 Å². The monoisotopic (exact) mass is 398 g/mol. The number of hydrogen-bond donors (Lipinski definition) is 2. The number of hydrogen-bond acceptors (Lipinski definition) is 2.